The lowest BCUT2D eigenvalue weighted by Crippen LogP contribution is -2.40. The van der Waals surface area contributed by atoms with Gasteiger partial charge in [0.05, 0.1) is 30.2 Å². The van der Waals surface area contributed by atoms with Crippen LogP contribution in [0.15, 0.2) is 30.6 Å². The van der Waals surface area contributed by atoms with E-state index in [1.165, 1.54) is 12.1 Å². The third kappa shape index (κ3) is 6.92. The molecule has 1 saturated heterocycles. The normalized spacial score (nSPS) is 15.1. The maximum atomic E-state index is 14.7. The molecule has 1 fully saturated rings. The summed E-state index contributed by atoms with van der Waals surface area (Å²) in [6.07, 6.45) is 0.366. The van der Waals surface area contributed by atoms with Gasteiger partial charge in [-0.3, -0.25) is 9.69 Å². The molecule has 0 unspecified atom stereocenters. The first kappa shape index (κ1) is 27.6. The molecular weight excluding hydrogens is 531 g/mol. The van der Waals surface area contributed by atoms with Crippen LogP contribution in [0.4, 0.5) is 38.5 Å². The van der Waals surface area contributed by atoms with Gasteiger partial charge in [0.25, 0.3) is 18.3 Å². The SMILES string of the molecule is Cc1nsc(Nc2cnc(C(C)(F)F)cn2)c1C(=O)Nc1ccc(OC2CCN(CC(F)F)CC2)c(F)c1. The van der Waals surface area contributed by atoms with Gasteiger partial charge in [0.15, 0.2) is 11.6 Å². The van der Waals surface area contributed by atoms with Gasteiger partial charge < -0.3 is 15.4 Å². The molecule has 1 aliphatic rings. The van der Waals surface area contributed by atoms with E-state index >= 15 is 0 Å². The van der Waals surface area contributed by atoms with Crippen LogP contribution >= 0.6 is 11.5 Å². The van der Waals surface area contributed by atoms with Crippen LogP contribution in [-0.4, -0.2) is 57.3 Å². The van der Waals surface area contributed by atoms with E-state index < -0.39 is 29.8 Å². The first-order valence-corrected chi connectivity index (χ1v) is 12.5. The molecule has 38 heavy (non-hydrogen) atoms. The Bertz CT molecular complexity index is 1260. The van der Waals surface area contributed by atoms with Gasteiger partial charge in [0.2, 0.25) is 0 Å². The van der Waals surface area contributed by atoms with Gasteiger partial charge in [0.1, 0.15) is 22.6 Å². The van der Waals surface area contributed by atoms with Crippen molar-refractivity contribution in [1.29, 1.82) is 0 Å². The van der Waals surface area contributed by atoms with Crippen molar-refractivity contribution in [2.75, 3.05) is 30.3 Å². The number of ether oxygens (including phenoxy) is 1. The van der Waals surface area contributed by atoms with Gasteiger partial charge in [0, 0.05) is 31.8 Å². The van der Waals surface area contributed by atoms with Crippen molar-refractivity contribution in [3.63, 3.8) is 0 Å². The molecule has 3 heterocycles. The Morgan fingerprint density at radius 2 is 1.97 bits per heavy atom. The third-order valence-electron chi connectivity index (χ3n) is 5.85. The summed E-state index contributed by atoms with van der Waals surface area (Å²) < 4.78 is 76.4. The summed E-state index contributed by atoms with van der Waals surface area (Å²) in [5.41, 5.74) is 0.266. The molecule has 4 rings (SSSR count). The minimum absolute atomic E-state index is 0.00530. The molecule has 2 N–H and O–H groups in total. The number of piperidine rings is 1. The molecule has 0 saturated carbocycles. The van der Waals surface area contributed by atoms with Crippen LogP contribution in [0.2, 0.25) is 0 Å². The van der Waals surface area contributed by atoms with Crippen molar-refractivity contribution in [3.05, 3.63) is 53.4 Å². The molecule has 1 aromatic carbocycles. The van der Waals surface area contributed by atoms with Gasteiger partial charge in [-0.25, -0.2) is 23.1 Å². The number of alkyl halides is 4. The molecule has 0 radical (unpaired) electrons. The minimum Gasteiger partial charge on any atom is -0.487 e. The summed E-state index contributed by atoms with van der Waals surface area (Å²) in [6.45, 7) is 2.92. The highest BCUT2D eigenvalue weighted by Gasteiger charge is 2.27. The van der Waals surface area contributed by atoms with Crippen molar-refractivity contribution in [2.45, 2.75) is 45.1 Å². The zero-order valence-electron chi connectivity index (χ0n) is 20.5. The Morgan fingerprint density at radius 1 is 1.24 bits per heavy atom. The summed E-state index contributed by atoms with van der Waals surface area (Å²) in [4.78, 5) is 22.2. The molecule has 0 aliphatic carbocycles. The largest absolute Gasteiger partial charge is 0.487 e. The van der Waals surface area contributed by atoms with Crippen LogP contribution in [-0.2, 0) is 5.92 Å². The molecule has 204 valence electrons. The van der Waals surface area contributed by atoms with Gasteiger partial charge in [-0.1, -0.05) is 0 Å². The lowest BCUT2D eigenvalue weighted by Gasteiger charge is -2.31. The Morgan fingerprint density at radius 3 is 2.58 bits per heavy atom. The highest BCUT2D eigenvalue weighted by molar-refractivity contribution is 7.10. The number of hydrogen-bond donors (Lipinski definition) is 2. The van der Waals surface area contributed by atoms with Gasteiger partial charge >= 0.3 is 0 Å². The number of likely N-dealkylation sites (tertiary alicyclic amines) is 1. The Hall–Kier alpha value is -3.39. The third-order valence-corrected chi connectivity index (χ3v) is 6.70. The first-order valence-electron chi connectivity index (χ1n) is 11.7. The van der Waals surface area contributed by atoms with Crippen LogP contribution in [0, 0.1) is 12.7 Å². The molecule has 1 aliphatic heterocycles. The minimum atomic E-state index is -3.14. The van der Waals surface area contributed by atoms with E-state index in [2.05, 4.69) is 25.0 Å². The number of aryl methyl sites for hydroxylation is 1. The molecule has 2 aromatic heterocycles. The number of halogens is 5. The van der Waals surface area contributed by atoms with Crippen molar-refractivity contribution in [1.82, 2.24) is 19.2 Å². The van der Waals surface area contributed by atoms with Crippen LogP contribution in [0.25, 0.3) is 0 Å². The molecule has 0 atom stereocenters. The fourth-order valence-corrected chi connectivity index (χ4v) is 4.71. The number of nitrogens with zero attached hydrogens (tertiary/aromatic N) is 4. The molecule has 14 heteroatoms. The average Bonchev–Trinajstić information content (AvgIpc) is 3.21. The lowest BCUT2D eigenvalue weighted by molar-refractivity contribution is 0.0124. The summed E-state index contributed by atoms with van der Waals surface area (Å²) in [6, 6.07) is 4.01. The number of aromatic nitrogens is 3. The maximum Gasteiger partial charge on any atom is 0.288 e. The molecule has 3 aromatic rings. The lowest BCUT2D eigenvalue weighted by atomic mass is 10.1. The highest BCUT2D eigenvalue weighted by atomic mass is 32.1. The number of nitrogens with one attached hydrogen (secondary N) is 2. The second-order valence-corrected chi connectivity index (χ2v) is 9.65. The van der Waals surface area contributed by atoms with E-state index in [1.54, 1.807) is 11.8 Å². The summed E-state index contributed by atoms with van der Waals surface area (Å²) in [5.74, 6) is -4.24. The quantitative estimate of drug-likeness (QED) is 0.332. The van der Waals surface area contributed by atoms with Gasteiger partial charge in [-0.2, -0.15) is 13.2 Å². The van der Waals surface area contributed by atoms with Crippen molar-refractivity contribution in [2.24, 2.45) is 0 Å². The monoisotopic (exact) mass is 556 g/mol. The number of amides is 1. The summed E-state index contributed by atoms with van der Waals surface area (Å²) >= 11 is 0.971. The second kappa shape index (κ2) is 11.6. The van der Waals surface area contributed by atoms with E-state index in [9.17, 15) is 26.7 Å². The molecule has 0 spiro atoms. The maximum absolute atomic E-state index is 14.7. The van der Waals surface area contributed by atoms with E-state index in [4.69, 9.17) is 4.74 Å². The zero-order valence-corrected chi connectivity index (χ0v) is 21.3. The fourth-order valence-electron chi connectivity index (χ4n) is 3.91. The number of rotatable bonds is 9. The van der Waals surface area contributed by atoms with E-state index in [1.807, 2.05) is 0 Å². The average molecular weight is 557 g/mol. The fraction of sp³-hybridized carbons (Fsp3) is 0.417. The molecule has 1 amide bonds. The number of anilines is 3. The van der Waals surface area contributed by atoms with Crippen LogP contribution in [0.3, 0.4) is 0 Å². The summed E-state index contributed by atoms with van der Waals surface area (Å²) in [5, 5.41) is 5.78. The molecule has 8 nitrogen and oxygen atoms in total. The molecule has 0 bridgehead atoms. The smallest absolute Gasteiger partial charge is 0.288 e. The second-order valence-electron chi connectivity index (χ2n) is 8.88. The van der Waals surface area contributed by atoms with Crippen molar-refractivity contribution < 1.29 is 31.5 Å². The first-order chi connectivity index (χ1) is 18.0. The Kier molecular flexibility index (Phi) is 8.41. The van der Waals surface area contributed by atoms with E-state index in [-0.39, 0.29) is 35.5 Å². The van der Waals surface area contributed by atoms with E-state index in [0.717, 1.165) is 30.0 Å². The predicted molar refractivity (Wildman–Crippen MR) is 132 cm³/mol. The summed E-state index contributed by atoms with van der Waals surface area (Å²) in [7, 11) is 0. The number of carbonyl (C=O) groups is 1. The van der Waals surface area contributed by atoms with E-state index in [0.29, 0.717) is 43.5 Å². The number of benzene rings is 1. The Labute approximate surface area is 219 Å². The standard InChI is InChI=1S/C24H25F5N6O2S/c1-13-21(23(38-34-13)33-20-11-30-18(10-31-20)24(2,28)29)22(36)32-14-3-4-17(16(25)9-14)37-15-5-7-35(8-6-15)12-19(26)27/h3-4,9-11,15,19H,5-8,12H2,1-2H3,(H,31,33)(H,32,36). The van der Waals surface area contributed by atoms with Gasteiger partial charge in [-0.05, 0) is 43.4 Å². The number of hydrogen-bond acceptors (Lipinski definition) is 8. The van der Waals surface area contributed by atoms with Gasteiger partial charge in [-0.15, -0.1) is 0 Å². The molecular formula is C24H25F5N6O2S. The highest BCUT2D eigenvalue weighted by Crippen LogP contribution is 2.30. The van der Waals surface area contributed by atoms with Crippen LogP contribution in [0.5, 0.6) is 5.75 Å². The van der Waals surface area contributed by atoms with Crippen molar-refractivity contribution >= 4 is 33.9 Å². The number of carbonyl (C=O) groups excluding carboxylic acids is 1. The van der Waals surface area contributed by atoms with Crippen molar-refractivity contribution in [3.8, 4) is 5.75 Å². The van der Waals surface area contributed by atoms with Crippen LogP contribution in [0.1, 0.15) is 41.5 Å². The van der Waals surface area contributed by atoms with Crippen LogP contribution < -0.4 is 15.4 Å². The Balaban J connectivity index is 1.38. The zero-order chi connectivity index (χ0) is 27.4. The topological polar surface area (TPSA) is 92.3 Å². The predicted octanol–water partition coefficient (Wildman–Crippen LogP) is 5.60.